The minimum atomic E-state index is -0.514. The number of hydrogen-bond acceptors (Lipinski definition) is 4. The van der Waals surface area contributed by atoms with Gasteiger partial charge in [-0.25, -0.2) is 4.39 Å². The molecule has 1 atom stereocenters. The molecule has 1 saturated heterocycles. The summed E-state index contributed by atoms with van der Waals surface area (Å²) in [5.74, 6) is -0.461. The first-order chi connectivity index (χ1) is 8.08. The van der Waals surface area contributed by atoms with E-state index >= 15 is 0 Å². The highest BCUT2D eigenvalue weighted by atomic mass is 127. The van der Waals surface area contributed by atoms with Crippen LogP contribution in [0.4, 0.5) is 15.8 Å². The van der Waals surface area contributed by atoms with E-state index in [1.54, 1.807) is 22.6 Å². The standard InChI is InChI=1S/C10H10FIN2O3/c11-7-3-9(13-6-1-2-17-5-6)10(14(15)16)4-8(7)12/h3-4,6,13H,1-2,5H2. The van der Waals surface area contributed by atoms with Crippen LogP contribution in [0.1, 0.15) is 6.42 Å². The zero-order valence-electron chi connectivity index (χ0n) is 8.78. The van der Waals surface area contributed by atoms with Crippen LogP contribution >= 0.6 is 22.6 Å². The van der Waals surface area contributed by atoms with Gasteiger partial charge >= 0.3 is 0 Å². The molecular formula is C10H10FIN2O3. The molecule has 1 heterocycles. The molecule has 5 nitrogen and oxygen atoms in total. The van der Waals surface area contributed by atoms with E-state index in [0.717, 1.165) is 12.5 Å². The maximum atomic E-state index is 13.4. The van der Waals surface area contributed by atoms with Crippen molar-refractivity contribution in [3.8, 4) is 0 Å². The summed E-state index contributed by atoms with van der Waals surface area (Å²) < 4.78 is 18.8. The molecule has 1 aliphatic heterocycles. The molecule has 0 spiro atoms. The molecule has 17 heavy (non-hydrogen) atoms. The van der Waals surface area contributed by atoms with Gasteiger partial charge in [0, 0.05) is 18.7 Å². The summed E-state index contributed by atoms with van der Waals surface area (Å²) in [5, 5.41) is 13.8. The zero-order chi connectivity index (χ0) is 12.4. The number of halogens is 2. The number of nitro groups is 1. The molecule has 0 radical (unpaired) electrons. The number of anilines is 1. The largest absolute Gasteiger partial charge is 0.379 e. The van der Waals surface area contributed by atoms with E-state index in [0.29, 0.717) is 13.2 Å². The average Bonchev–Trinajstić information content (AvgIpc) is 2.75. The Morgan fingerprint density at radius 2 is 2.35 bits per heavy atom. The van der Waals surface area contributed by atoms with Gasteiger partial charge in [0.25, 0.3) is 5.69 Å². The fraction of sp³-hybridized carbons (Fsp3) is 0.400. The van der Waals surface area contributed by atoms with Gasteiger partial charge in [0.05, 0.1) is 21.1 Å². The second-order valence-corrected chi connectivity index (χ2v) is 4.91. The van der Waals surface area contributed by atoms with Crippen molar-refractivity contribution in [1.82, 2.24) is 0 Å². The molecule has 1 N–H and O–H groups in total. The maximum absolute atomic E-state index is 13.4. The minimum absolute atomic E-state index is 0.00756. The van der Waals surface area contributed by atoms with Gasteiger partial charge in [-0.3, -0.25) is 10.1 Å². The Morgan fingerprint density at radius 3 is 2.94 bits per heavy atom. The summed E-state index contributed by atoms with van der Waals surface area (Å²) in [6, 6.07) is 2.40. The van der Waals surface area contributed by atoms with Crippen molar-refractivity contribution in [3.63, 3.8) is 0 Å². The van der Waals surface area contributed by atoms with Crippen LogP contribution < -0.4 is 5.32 Å². The van der Waals surface area contributed by atoms with Crippen molar-refractivity contribution in [2.45, 2.75) is 12.5 Å². The summed E-state index contributed by atoms with van der Waals surface area (Å²) in [6.45, 7) is 1.11. The third-order valence-electron chi connectivity index (χ3n) is 2.52. The van der Waals surface area contributed by atoms with Gasteiger partial charge in [-0.15, -0.1) is 0 Å². The van der Waals surface area contributed by atoms with E-state index in [1.807, 2.05) is 0 Å². The highest BCUT2D eigenvalue weighted by molar-refractivity contribution is 14.1. The summed E-state index contributed by atoms with van der Waals surface area (Å²) >= 11 is 1.73. The molecule has 0 saturated carbocycles. The molecule has 1 aliphatic rings. The topological polar surface area (TPSA) is 64.4 Å². The molecule has 1 aromatic carbocycles. The number of rotatable bonds is 3. The first-order valence-corrected chi connectivity index (χ1v) is 6.13. The Labute approximate surface area is 111 Å². The first-order valence-electron chi connectivity index (χ1n) is 5.05. The summed E-state index contributed by atoms with van der Waals surface area (Å²) in [7, 11) is 0. The van der Waals surface area contributed by atoms with Crippen LogP contribution in [-0.2, 0) is 4.74 Å². The lowest BCUT2D eigenvalue weighted by molar-refractivity contribution is -0.384. The van der Waals surface area contributed by atoms with E-state index < -0.39 is 10.7 Å². The van der Waals surface area contributed by atoms with Crippen LogP contribution in [0.15, 0.2) is 12.1 Å². The lowest BCUT2D eigenvalue weighted by Gasteiger charge is -2.12. The van der Waals surface area contributed by atoms with Crippen LogP contribution in [0.5, 0.6) is 0 Å². The molecule has 0 bridgehead atoms. The second-order valence-electron chi connectivity index (χ2n) is 3.75. The molecule has 2 rings (SSSR count). The normalized spacial score (nSPS) is 19.3. The average molecular weight is 352 g/mol. The Balaban J connectivity index is 2.29. The number of benzene rings is 1. The molecule has 1 fully saturated rings. The zero-order valence-corrected chi connectivity index (χ0v) is 10.9. The number of ether oxygens (including phenoxy) is 1. The molecular weight excluding hydrogens is 342 g/mol. The van der Waals surface area contributed by atoms with Crippen LogP contribution in [0.2, 0.25) is 0 Å². The van der Waals surface area contributed by atoms with Crippen molar-refractivity contribution in [2.75, 3.05) is 18.5 Å². The van der Waals surface area contributed by atoms with E-state index in [4.69, 9.17) is 4.74 Å². The predicted octanol–water partition coefficient (Wildman–Crippen LogP) is 2.54. The predicted molar refractivity (Wildman–Crippen MR) is 68.6 cm³/mol. The van der Waals surface area contributed by atoms with Crippen molar-refractivity contribution in [1.29, 1.82) is 0 Å². The van der Waals surface area contributed by atoms with Crippen LogP contribution in [0.25, 0.3) is 0 Å². The molecule has 92 valence electrons. The quantitative estimate of drug-likeness (QED) is 0.516. The van der Waals surface area contributed by atoms with Crippen molar-refractivity contribution >= 4 is 34.0 Å². The molecule has 0 amide bonds. The fourth-order valence-corrected chi connectivity index (χ4v) is 2.12. The van der Waals surface area contributed by atoms with Gasteiger partial charge in [-0.1, -0.05) is 0 Å². The molecule has 1 unspecified atom stereocenters. The van der Waals surface area contributed by atoms with E-state index in [-0.39, 0.29) is 21.0 Å². The molecule has 7 heteroatoms. The lowest BCUT2D eigenvalue weighted by Crippen LogP contribution is -2.19. The Morgan fingerprint density at radius 1 is 1.59 bits per heavy atom. The second kappa shape index (κ2) is 5.13. The number of nitrogens with zero attached hydrogens (tertiary/aromatic N) is 1. The minimum Gasteiger partial charge on any atom is -0.379 e. The highest BCUT2D eigenvalue weighted by Crippen LogP contribution is 2.29. The Bertz CT molecular complexity index is 449. The number of hydrogen-bond donors (Lipinski definition) is 1. The SMILES string of the molecule is O=[N+]([O-])c1cc(I)c(F)cc1NC1CCOC1. The van der Waals surface area contributed by atoms with Crippen molar-refractivity contribution < 1.29 is 14.1 Å². The van der Waals surface area contributed by atoms with Crippen molar-refractivity contribution in [3.05, 3.63) is 31.6 Å². The third kappa shape index (κ3) is 2.83. The van der Waals surface area contributed by atoms with Crippen LogP contribution in [-0.4, -0.2) is 24.2 Å². The Hall–Kier alpha value is -0.960. The molecule has 1 aromatic rings. The molecule has 0 aromatic heterocycles. The van der Waals surface area contributed by atoms with Gasteiger partial charge in [-0.2, -0.15) is 0 Å². The molecule has 0 aliphatic carbocycles. The van der Waals surface area contributed by atoms with E-state index in [1.165, 1.54) is 6.07 Å². The number of nitro benzene ring substituents is 1. The maximum Gasteiger partial charge on any atom is 0.293 e. The van der Waals surface area contributed by atoms with Crippen molar-refractivity contribution in [2.24, 2.45) is 0 Å². The lowest BCUT2D eigenvalue weighted by atomic mass is 10.2. The van der Waals surface area contributed by atoms with Gasteiger partial charge in [0.2, 0.25) is 0 Å². The van der Waals surface area contributed by atoms with Gasteiger partial charge in [0.1, 0.15) is 11.5 Å². The van der Waals surface area contributed by atoms with Gasteiger partial charge in [0.15, 0.2) is 0 Å². The smallest absolute Gasteiger partial charge is 0.293 e. The van der Waals surface area contributed by atoms with Crippen LogP contribution in [0.3, 0.4) is 0 Å². The Kier molecular flexibility index (Phi) is 3.77. The highest BCUT2D eigenvalue weighted by Gasteiger charge is 2.22. The summed E-state index contributed by atoms with van der Waals surface area (Å²) in [4.78, 5) is 10.4. The summed E-state index contributed by atoms with van der Waals surface area (Å²) in [6.07, 6.45) is 0.769. The van der Waals surface area contributed by atoms with Gasteiger partial charge in [-0.05, 0) is 29.0 Å². The summed E-state index contributed by atoms with van der Waals surface area (Å²) in [5.41, 5.74) is 0.103. The van der Waals surface area contributed by atoms with E-state index in [2.05, 4.69) is 5.32 Å². The van der Waals surface area contributed by atoms with E-state index in [9.17, 15) is 14.5 Å². The fourth-order valence-electron chi connectivity index (χ4n) is 1.67. The monoisotopic (exact) mass is 352 g/mol. The first kappa shape index (κ1) is 12.5. The third-order valence-corrected chi connectivity index (χ3v) is 3.35. The van der Waals surface area contributed by atoms with Crippen LogP contribution in [0, 0.1) is 19.5 Å². The van der Waals surface area contributed by atoms with Gasteiger partial charge < -0.3 is 10.1 Å². The number of nitrogens with one attached hydrogen (secondary N) is 1.